The molecule has 0 aromatic heterocycles. The molecule has 32 heavy (non-hydrogen) atoms. The molecule has 162 valence electrons. The van der Waals surface area contributed by atoms with Crippen molar-refractivity contribution in [3.05, 3.63) is 94.0 Å². The molecular weight excluding hydrogens is 422 g/mol. The molecule has 2 unspecified atom stereocenters. The Morgan fingerprint density at radius 1 is 1.00 bits per heavy atom. The number of hydrogen-bond donors (Lipinski definition) is 1. The van der Waals surface area contributed by atoms with Gasteiger partial charge in [0.2, 0.25) is 0 Å². The second-order valence-corrected chi connectivity index (χ2v) is 8.30. The van der Waals surface area contributed by atoms with Crippen LogP contribution in [-0.4, -0.2) is 19.0 Å². The van der Waals surface area contributed by atoms with Gasteiger partial charge in [-0.1, -0.05) is 35.9 Å². The fraction of sp³-hybridized carbons (Fsp3) is 0.231. The van der Waals surface area contributed by atoms with Gasteiger partial charge >= 0.3 is 0 Å². The lowest BCUT2D eigenvalue weighted by Gasteiger charge is -2.20. The monoisotopic (exact) mass is 445 g/mol. The summed E-state index contributed by atoms with van der Waals surface area (Å²) in [5.41, 5.74) is 3.58. The number of benzene rings is 3. The van der Waals surface area contributed by atoms with Gasteiger partial charge in [-0.3, -0.25) is 4.99 Å². The van der Waals surface area contributed by atoms with Crippen molar-refractivity contribution >= 4 is 17.4 Å². The van der Waals surface area contributed by atoms with E-state index in [-0.39, 0.29) is 18.2 Å². The molecule has 1 heterocycles. The van der Waals surface area contributed by atoms with Gasteiger partial charge in [-0.05, 0) is 61.4 Å². The number of hydrogen-bond acceptors (Lipinski definition) is 5. The summed E-state index contributed by atoms with van der Waals surface area (Å²) in [4.78, 5) is 5.06. The number of nitrogens with one attached hydrogen (secondary N) is 1. The number of amidine groups is 1. The Morgan fingerprint density at radius 3 is 2.31 bits per heavy atom. The lowest BCUT2D eigenvalue weighted by molar-refractivity contribution is 0.240. The van der Waals surface area contributed by atoms with Gasteiger partial charge in [0, 0.05) is 11.1 Å². The highest BCUT2D eigenvalue weighted by molar-refractivity contribution is 6.30. The van der Waals surface area contributed by atoms with E-state index in [0.29, 0.717) is 16.3 Å². The highest BCUT2D eigenvalue weighted by Crippen LogP contribution is 2.39. The lowest BCUT2D eigenvalue weighted by Crippen LogP contribution is -2.25. The molecular formula is C26H24ClN3O2. The van der Waals surface area contributed by atoms with Crippen molar-refractivity contribution in [2.75, 3.05) is 7.11 Å². The first-order valence-electron chi connectivity index (χ1n) is 10.4. The van der Waals surface area contributed by atoms with Crippen molar-refractivity contribution < 1.29 is 9.47 Å². The van der Waals surface area contributed by atoms with E-state index in [2.05, 4.69) is 11.4 Å². The molecule has 3 aromatic carbocycles. The Hall–Kier alpha value is -3.49. The second kappa shape index (κ2) is 9.33. The largest absolute Gasteiger partial charge is 0.497 e. The Bertz CT molecular complexity index is 1170. The number of ether oxygens (including phenoxy) is 2. The first kappa shape index (κ1) is 21.7. The van der Waals surface area contributed by atoms with Crippen molar-refractivity contribution in [2.45, 2.75) is 32.0 Å². The van der Waals surface area contributed by atoms with E-state index in [9.17, 15) is 0 Å². The van der Waals surface area contributed by atoms with Crippen LogP contribution in [0.4, 0.5) is 0 Å². The van der Waals surface area contributed by atoms with Crippen LogP contribution in [0.15, 0.2) is 71.7 Å². The van der Waals surface area contributed by atoms with Gasteiger partial charge in [-0.2, -0.15) is 5.26 Å². The third kappa shape index (κ3) is 4.56. The van der Waals surface area contributed by atoms with Crippen LogP contribution < -0.4 is 14.8 Å². The summed E-state index contributed by atoms with van der Waals surface area (Å²) in [6, 6.07) is 23.0. The summed E-state index contributed by atoms with van der Waals surface area (Å²) >= 11 is 6.12. The molecule has 0 aliphatic carbocycles. The van der Waals surface area contributed by atoms with Crippen molar-refractivity contribution in [1.29, 1.82) is 5.26 Å². The zero-order valence-electron chi connectivity index (χ0n) is 18.2. The number of nitriles is 1. The molecule has 5 nitrogen and oxygen atoms in total. The predicted octanol–water partition coefficient (Wildman–Crippen LogP) is 5.84. The van der Waals surface area contributed by atoms with Crippen LogP contribution in [-0.2, 0) is 0 Å². The van der Waals surface area contributed by atoms with Crippen LogP contribution in [0.5, 0.6) is 11.5 Å². The topological polar surface area (TPSA) is 66.6 Å². The Kier molecular flexibility index (Phi) is 6.34. The normalized spacial score (nSPS) is 17.4. The van der Waals surface area contributed by atoms with Gasteiger partial charge in [0.1, 0.15) is 23.4 Å². The van der Waals surface area contributed by atoms with Crippen LogP contribution in [0.25, 0.3) is 0 Å². The number of aliphatic imine (C=N–C) groups is 1. The van der Waals surface area contributed by atoms with Gasteiger partial charge in [-0.15, -0.1) is 0 Å². The van der Waals surface area contributed by atoms with Crippen molar-refractivity contribution in [3.63, 3.8) is 0 Å². The smallest absolute Gasteiger partial charge is 0.134 e. The average Bonchev–Trinajstić information content (AvgIpc) is 3.24. The van der Waals surface area contributed by atoms with Crippen LogP contribution in [0, 0.1) is 11.3 Å². The predicted molar refractivity (Wildman–Crippen MR) is 127 cm³/mol. The molecule has 4 rings (SSSR count). The van der Waals surface area contributed by atoms with Crippen molar-refractivity contribution in [3.8, 4) is 17.6 Å². The zero-order chi connectivity index (χ0) is 22.7. The molecule has 6 heteroatoms. The first-order valence-corrected chi connectivity index (χ1v) is 10.8. The molecule has 0 radical (unpaired) electrons. The molecule has 0 bridgehead atoms. The Morgan fingerprint density at radius 2 is 1.69 bits per heavy atom. The third-order valence-corrected chi connectivity index (χ3v) is 5.55. The molecule has 2 atom stereocenters. The van der Waals surface area contributed by atoms with Crippen LogP contribution >= 0.6 is 11.6 Å². The third-order valence-electron chi connectivity index (χ3n) is 5.29. The summed E-state index contributed by atoms with van der Waals surface area (Å²) in [5, 5.41) is 13.4. The minimum Gasteiger partial charge on any atom is -0.497 e. The van der Waals surface area contributed by atoms with E-state index in [4.69, 9.17) is 31.3 Å². The van der Waals surface area contributed by atoms with Gasteiger partial charge in [0.05, 0.1) is 36.5 Å². The molecule has 0 spiro atoms. The van der Waals surface area contributed by atoms with E-state index in [1.54, 1.807) is 7.11 Å². The van der Waals surface area contributed by atoms with Crippen molar-refractivity contribution in [1.82, 2.24) is 5.32 Å². The van der Waals surface area contributed by atoms with E-state index < -0.39 is 0 Å². The van der Waals surface area contributed by atoms with Gasteiger partial charge in [0.15, 0.2) is 0 Å². The summed E-state index contributed by atoms with van der Waals surface area (Å²) in [6.07, 6.45) is 0.00393. The second-order valence-electron chi connectivity index (χ2n) is 7.86. The SMILES string of the molecule is COc1ccc(C2=NC(c3ccc(C#N)cc3)C(c3ccc(Cl)cc3)N2)c(OC(C)C)c1. The van der Waals surface area contributed by atoms with E-state index in [1.807, 2.05) is 80.6 Å². The summed E-state index contributed by atoms with van der Waals surface area (Å²) in [7, 11) is 1.64. The summed E-state index contributed by atoms with van der Waals surface area (Å²) in [6.45, 7) is 3.98. The molecule has 1 aliphatic heterocycles. The van der Waals surface area contributed by atoms with Gasteiger partial charge in [0.25, 0.3) is 0 Å². The van der Waals surface area contributed by atoms with E-state index in [0.717, 1.165) is 28.3 Å². The Labute approximate surface area is 193 Å². The molecule has 1 N–H and O–H groups in total. The molecule has 0 saturated carbocycles. The molecule has 0 amide bonds. The van der Waals surface area contributed by atoms with Crippen LogP contribution in [0.1, 0.15) is 48.2 Å². The van der Waals surface area contributed by atoms with Gasteiger partial charge in [-0.25, -0.2) is 0 Å². The fourth-order valence-corrected chi connectivity index (χ4v) is 3.88. The quantitative estimate of drug-likeness (QED) is 0.517. The highest BCUT2D eigenvalue weighted by atomic mass is 35.5. The standard InChI is InChI=1S/C26H24ClN3O2/c1-16(2)32-23-14-21(31-3)12-13-22(23)26-29-24(18-6-4-17(15-28)5-7-18)25(30-26)19-8-10-20(27)11-9-19/h4-14,16,24-25H,1-3H3,(H,29,30). The number of nitrogens with zero attached hydrogens (tertiary/aromatic N) is 2. The highest BCUT2D eigenvalue weighted by Gasteiger charge is 2.33. The van der Waals surface area contributed by atoms with Crippen LogP contribution in [0.2, 0.25) is 5.02 Å². The van der Waals surface area contributed by atoms with E-state index >= 15 is 0 Å². The van der Waals surface area contributed by atoms with Crippen LogP contribution in [0.3, 0.4) is 0 Å². The maximum absolute atomic E-state index is 9.16. The lowest BCUT2D eigenvalue weighted by atomic mass is 9.94. The fourth-order valence-electron chi connectivity index (χ4n) is 3.76. The molecule has 3 aromatic rings. The average molecular weight is 446 g/mol. The van der Waals surface area contributed by atoms with E-state index in [1.165, 1.54) is 0 Å². The molecule has 0 saturated heterocycles. The zero-order valence-corrected chi connectivity index (χ0v) is 18.9. The number of halogens is 1. The Balaban J connectivity index is 1.77. The summed E-state index contributed by atoms with van der Waals surface area (Å²) < 4.78 is 11.5. The maximum Gasteiger partial charge on any atom is 0.134 e. The van der Waals surface area contributed by atoms with Gasteiger partial charge < -0.3 is 14.8 Å². The number of rotatable bonds is 6. The minimum absolute atomic E-state index is 0.00393. The summed E-state index contributed by atoms with van der Waals surface area (Å²) in [5.74, 6) is 2.18. The molecule has 0 fully saturated rings. The maximum atomic E-state index is 9.16. The number of methoxy groups -OCH3 is 1. The first-order chi connectivity index (χ1) is 15.5. The minimum atomic E-state index is -0.173. The van der Waals surface area contributed by atoms with Crippen molar-refractivity contribution in [2.24, 2.45) is 4.99 Å². The molecule has 1 aliphatic rings.